The monoisotopic (exact) mass is 383 g/mol. The topological polar surface area (TPSA) is 138 Å². The summed E-state index contributed by atoms with van der Waals surface area (Å²) in [6.45, 7) is 0. The number of hydrogen-bond donors (Lipinski definition) is 3. The summed E-state index contributed by atoms with van der Waals surface area (Å²) in [5, 5.41) is 0. The van der Waals surface area contributed by atoms with Crippen LogP contribution in [0.5, 0.6) is 5.75 Å². The molecule has 7 heteroatoms. The Morgan fingerprint density at radius 3 is 2.07 bits per heavy atom. The van der Waals surface area contributed by atoms with Crippen LogP contribution in [0.1, 0.15) is 31.2 Å². The second kappa shape index (κ2) is 5.83. The van der Waals surface area contributed by atoms with Crippen molar-refractivity contribution < 1.29 is 19.1 Å². The molecule has 2 fully saturated rings. The Labute approximate surface area is 163 Å². The molecule has 0 aliphatic heterocycles. The minimum Gasteiger partial charge on any atom is -0.497 e. The summed E-state index contributed by atoms with van der Waals surface area (Å²) >= 11 is 0. The number of carbonyl (C=O) groups is 3. The fraction of sp³-hybridized carbons (Fsp3) is 0.476. The summed E-state index contributed by atoms with van der Waals surface area (Å²) in [4.78, 5) is 37.9. The molecular weight excluding hydrogens is 358 g/mol. The molecule has 1 spiro atoms. The second-order valence-corrected chi connectivity index (χ2v) is 8.28. The summed E-state index contributed by atoms with van der Waals surface area (Å²) in [5.41, 5.74) is 15.3. The van der Waals surface area contributed by atoms with E-state index in [4.69, 9.17) is 21.9 Å². The molecule has 3 amide bonds. The lowest BCUT2D eigenvalue weighted by Gasteiger charge is -2.48. The van der Waals surface area contributed by atoms with E-state index in [9.17, 15) is 14.4 Å². The van der Waals surface area contributed by atoms with Crippen molar-refractivity contribution in [3.8, 4) is 5.75 Å². The summed E-state index contributed by atoms with van der Waals surface area (Å²) in [6.07, 6.45) is 5.85. The average Bonchev–Trinajstić information content (AvgIpc) is 3.33. The molecule has 2 bridgehead atoms. The third-order valence-electron chi connectivity index (χ3n) is 7.40. The molecule has 0 unspecified atom stereocenters. The maximum atomic E-state index is 13.2. The van der Waals surface area contributed by atoms with Gasteiger partial charge in [-0.15, -0.1) is 0 Å². The minimum atomic E-state index is -1.32. The van der Waals surface area contributed by atoms with Gasteiger partial charge >= 0.3 is 0 Å². The van der Waals surface area contributed by atoms with Gasteiger partial charge in [0.25, 0.3) is 0 Å². The normalized spacial score (nSPS) is 33.8. The first-order valence-electron chi connectivity index (χ1n) is 9.48. The van der Waals surface area contributed by atoms with Crippen LogP contribution in [-0.2, 0) is 19.8 Å². The molecule has 4 atom stereocenters. The Balaban J connectivity index is 2.00. The summed E-state index contributed by atoms with van der Waals surface area (Å²) < 4.78 is 5.24. The maximum absolute atomic E-state index is 13.2. The van der Waals surface area contributed by atoms with Crippen molar-refractivity contribution in [1.82, 2.24) is 0 Å². The first kappa shape index (κ1) is 18.5. The predicted octanol–water partition coefficient (Wildman–Crippen LogP) is 0.752. The van der Waals surface area contributed by atoms with E-state index in [-0.39, 0.29) is 30.1 Å². The van der Waals surface area contributed by atoms with Crippen LogP contribution in [0.4, 0.5) is 0 Å². The highest BCUT2D eigenvalue weighted by Crippen LogP contribution is 2.80. The molecule has 2 saturated carbocycles. The van der Waals surface area contributed by atoms with Crippen molar-refractivity contribution in [2.45, 2.75) is 31.1 Å². The molecule has 0 radical (unpaired) electrons. The molecule has 0 saturated heterocycles. The molecule has 0 aromatic heterocycles. The van der Waals surface area contributed by atoms with E-state index < -0.39 is 28.6 Å². The molecule has 4 rings (SSSR count). The standard InChI is InChI=1S/C21H25N3O4/c1-28-13-4-2-12(3-5-13)21(18(24)27)15-7-6-14(19(15)10-11-19)20(21,17(23)26)9-8-16(22)25/h2-7,14-15H,8-11H2,1H3,(H2,22,25)(H2,23,26)(H2,24,27)/t14-,15+,20+,21-/m1/s1. The van der Waals surface area contributed by atoms with E-state index in [1.807, 2.05) is 12.2 Å². The Kier molecular flexibility index (Phi) is 3.86. The smallest absolute Gasteiger partial charge is 0.229 e. The highest BCUT2D eigenvalue weighted by atomic mass is 16.5. The number of primary amides is 3. The van der Waals surface area contributed by atoms with E-state index in [1.165, 1.54) is 0 Å². The minimum absolute atomic E-state index is 0.0404. The molecule has 148 valence electrons. The van der Waals surface area contributed by atoms with Gasteiger partial charge in [-0.3, -0.25) is 14.4 Å². The Bertz CT molecular complexity index is 889. The Hall–Kier alpha value is -2.83. The van der Waals surface area contributed by atoms with Crippen LogP contribution in [0.15, 0.2) is 36.4 Å². The predicted molar refractivity (Wildman–Crippen MR) is 102 cm³/mol. The fourth-order valence-corrected chi connectivity index (χ4v) is 6.27. The zero-order chi connectivity index (χ0) is 20.3. The zero-order valence-corrected chi connectivity index (χ0v) is 15.8. The van der Waals surface area contributed by atoms with Gasteiger partial charge in [-0.05, 0) is 48.3 Å². The number of methoxy groups -OCH3 is 1. The lowest BCUT2D eigenvalue weighted by atomic mass is 9.52. The number of allylic oxidation sites excluding steroid dienone is 2. The van der Waals surface area contributed by atoms with E-state index in [1.54, 1.807) is 31.4 Å². The highest BCUT2D eigenvalue weighted by molar-refractivity contribution is 6.00. The lowest BCUT2D eigenvalue weighted by Crippen LogP contribution is -2.62. The van der Waals surface area contributed by atoms with Crippen molar-refractivity contribution >= 4 is 17.7 Å². The van der Waals surface area contributed by atoms with Crippen molar-refractivity contribution in [1.29, 1.82) is 0 Å². The van der Waals surface area contributed by atoms with Crippen LogP contribution >= 0.6 is 0 Å². The Morgan fingerprint density at radius 2 is 1.61 bits per heavy atom. The van der Waals surface area contributed by atoms with Crippen LogP contribution in [-0.4, -0.2) is 24.8 Å². The van der Waals surface area contributed by atoms with Crippen LogP contribution in [0, 0.1) is 22.7 Å². The van der Waals surface area contributed by atoms with Crippen LogP contribution in [0.25, 0.3) is 0 Å². The average molecular weight is 383 g/mol. The summed E-state index contributed by atoms with van der Waals surface area (Å²) in [5.74, 6) is -1.58. The largest absolute Gasteiger partial charge is 0.497 e. The van der Waals surface area contributed by atoms with E-state index in [2.05, 4.69) is 0 Å². The third-order valence-corrected chi connectivity index (χ3v) is 7.40. The van der Waals surface area contributed by atoms with Gasteiger partial charge in [0.2, 0.25) is 17.7 Å². The van der Waals surface area contributed by atoms with Gasteiger partial charge in [0.05, 0.1) is 17.9 Å². The number of amides is 3. The van der Waals surface area contributed by atoms with Gasteiger partial charge in [0.1, 0.15) is 5.75 Å². The van der Waals surface area contributed by atoms with Gasteiger partial charge in [-0.2, -0.15) is 0 Å². The quantitative estimate of drug-likeness (QED) is 0.598. The van der Waals surface area contributed by atoms with E-state index in [0.717, 1.165) is 12.8 Å². The van der Waals surface area contributed by atoms with E-state index in [0.29, 0.717) is 11.3 Å². The van der Waals surface area contributed by atoms with Crippen molar-refractivity contribution in [3.63, 3.8) is 0 Å². The van der Waals surface area contributed by atoms with Gasteiger partial charge in [0.15, 0.2) is 0 Å². The lowest BCUT2D eigenvalue weighted by molar-refractivity contribution is -0.144. The zero-order valence-electron chi connectivity index (χ0n) is 15.8. The second-order valence-electron chi connectivity index (χ2n) is 8.28. The molecular formula is C21H25N3O4. The maximum Gasteiger partial charge on any atom is 0.229 e. The van der Waals surface area contributed by atoms with Crippen molar-refractivity contribution in [2.75, 3.05) is 7.11 Å². The fourth-order valence-electron chi connectivity index (χ4n) is 6.27. The Morgan fingerprint density at radius 1 is 1.00 bits per heavy atom. The van der Waals surface area contributed by atoms with Crippen molar-refractivity contribution in [2.24, 2.45) is 39.9 Å². The molecule has 28 heavy (non-hydrogen) atoms. The number of carbonyl (C=O) groups excluding carboxylic acids is 3. The van der Waals surface area contributed by atoms with Crippen molar-refractivity contribution in [3.05, 3.63) is 42.0 Å². The van der Waals surface area contributed by atoms with Gasteiger partial charge in [0, 0.05) is 12.3 Å². The molecule has 6 N–H and O–H groups in total. The first-order valence-corrected chi connectivity index (χ1v) is 9.48. The summed E-state index contributed by atoms with van der Waals surface area (Å²) in [7, 11) is 1.55. The molecule has 0 heterocycles. The van der Waals surface area contributed by atoms with E-state index >= 15 is 0 Å². The summed E-state index contributed by atoms with van der Waals surface area (Å²) in [6, 6.07) is 7.04. The first-order chi connectivity index (χ1) is 13.3. The third kappa shape index (κ3) is 1.96. The number of ether oxygens (including phenoxy) is 1. The number of benzene rings is 1. The highest BCUT2D eigenvalue weighted by Gasteiger charge is 2.82. The van der Waals surface area contributed by atoms with Gasteiger partial charge in [-0.1, -0.05) is 24.3 Å². The van der Waals surface area contributed by atoms with Gasteiger partial charge in [-0.25, -0.2) is 0 Å². The van der Waals surface area contributed by atoms with Crippen LogP contribution in [0.2, 0.25) is 0 Å². The molecule has 7 nitrogen and oxygen atoms in total. The number of rotatable bonds is 7. The SMILES string of the molecule is COc1ccc([C@]2(C(N)=O)[C@H]3C=C[C@H](C34CC4)[C@@]2(CCC(N)=O)C(N)=O)cc1. The molecule has 1 aromatic rings. The number of hydrogen-bond acceptors (Lipinski definition) is 4. The molecule has 1 aromatic carbocycles. The number of nitrogens with two attached hydrogens (primary N) is 3. The molecule has 3 aliphatic rings. The van der Waals surface area contributed by atoms with Crippen LogP contribution in [0.3, 0.4) is 0 Å². The van der Waals surface area contributed by atoms with Gasteiger partial charge < -0.3 is 21.9 Å². The van der Waals surface area contributed by atoms with Crippen LogP contribution < -0.4 is 21.9 Å². The molecule has 3 aliphatic carbocycles.